The highest BCUT2D eigenvalue weighted by molar-refractivity contribution is 5.99. The highest BCUT2D eigenvalue weighted by Gasteiger charge is 2.47. The summed E-state index contributed by atoms with van der Waals surface area (Å²) in [6.45, 7) is 4.01. The molecule has 0 aromatic rings. The molecule has 1 rings (SSSR count). The average Bonchev–Trinajstić information content (AvgIpc) is 2.39. The van der Waals surface area contributed by atoms with Gasteiger partial charge in [-0.3, -0.25) is 19.2 Å². The van der Waals surface area contributed by atoms with E-state index in [4.69, 9.17) is 0 Å². The molecule has 3 atom stereocenters. The molecule has 0 amide bonds. The molecule has 1 saturated heterocycles. The Balaban J connectivity index is 2.77. The first-order chi connectivity index (χ1) is 7.34. The van der Waals surface area contributed by atoms with Crippen molar-refractivity contribution in [3.05, 3.63) is 0 Å². The molecule has 1 aliphatic heterocycles. The Kier molecular flexibility index (Phi) is 3.41. The zero-order valence-corrected chi connectivity index (χ0v) is 9.18. The number of hydrogen-bond donors (Lipinski definition) is 0. The summed E-state index contributed by atoms with van der Waals surface area (Å²) in [6, 6.07) is 0. The summed E-state index contributed by atoms with van der Waals surface area (Å²) < 4.78 is 8.75. The third kappa shape index (κ3) is 2.26. The van der Waals surface area contributed by atoms with Crippen LogP contribution in [0.2, 0.25) is 0 Å². The van der Waals surface area contributed by atoms with Crippen LogP contribution in [0, 0.1) is 17.8 Å². The highest BCUT2D eigenvalue weighted by atomic mass is 16.6. The number of carbonyl (C=O) groups is 4. The number of cyclic esters (lactones) is 2. The van der Waals surface area contributed by atoms with E-state index in [0.717, 1.165) is 6.92 Å². The first-order valence-electron chi connectivity index (χ1n) is 4.82. The van der Waals surface area contributed by atoms with Crippen molar-refractivity contribution < 1.29 is 28.7 Å². The minimum atomic E-state index is -0.877. The number of rotatable bonds is 2. The second kappa shape index (κ2) is 4.42. The second-order valence-electron chi connectivity index (χ2n) is 3.76. The summed E-state index contributed by atoms with van der Waals surface area (Å²) in [5.74, 6) is -5.42. The highest BCUT2D eigenvalue weighted by Crippen LogP contribution is 2.30. The molecule has 0 saturated carbocycles. The summed E-state index contributed by atoms with van der Waals surface area (Å²) in [5.41, 5.74) is 0. The lowest BCUT2D eigenvalue weighted by atomic mass is 9.85. The van der Waals surface area contributed by atoms with Crippen molar-refractivity contribution >= 4 is 23.9 Å². The Morgan fingerprint density at radius 1 is 1.31 bits per heavy atom. The Labute approximate surface area is 91.9 Å². The van der Waals surface area contributed by atoms with Crippen LogP contribution in [0.15, 0.2) is 0 Å². The summed E-state index contributed by atoms with van der Waals surface area (Å²) in [6.07, 6.45) is 0. The lowest BCUT2D eigenvalue weighted by molar-refractivity contribution is -0.165. The molecule has 1 heterocycles. The van der Waals surface area contributed by atoms with Crippen LogP contribution in [0.1, 0.15) is 20.8 Å². The van der Waals surface area contributed by atoms with Crippen LogP contribution >= 0.6 is 0 Å². The lowest BCUT2D eigenvalue weighted by Gasteiger charge is -2.15. The van der Waals surface area contributed by atoms with Crippen LogP contribution in [0.3, 0.4) is 0 Å². The van der Waals surface area contributed by atoms with Crippen LogP contribution in [0.25, 0.3) is 0 Å². The van der Waals surface area contributed by atoms with E-state index >= 15 is 0 Å². The quantitative estimate of drug-likeness (QED) is 0.490. The summed E-state index contributed by atoms with van der Waals surface area (Å²) in [5, 5.41) is 0. The molecule has 88 valence electrons. The van der Waals surface area contributed by atoms with Crippen LogP contribution in [-0.2, 0) is 28.7 Å². The summed E-state index contributed by atoms with van der Waals surface area (Å²) >= 11 is 0. The van der Waals surface area contributed by atoms with Crippen molar-refractivity contribution in [2.45, 2.75) is 20.8 Å². The fourth-order valence-electron chi connectivity index (χ4n) is 1.63. The molecule has 0 aromatic heterocycles. The van der Waals surface area contributed by atoms with Crippen molar-refractivity contribution in [1.82, 2.24) is 0 Å². The monoisotopic (exact) mass is 228 g/mol. The minimum absolute atomic E-state index is 0.655. The molecule has 0 bridgehead atoms. The molecule has 1 aliphatic rings. The molecular weight excluding hydrogens is 216 g/mol. The van der Waals surface area contributed by atoms with Gasteiger partial charge in [0.25, 0.3) is 0 Å². The normalized spacial score (nSPS) is 26.2. The van der Waals surface area contributed by atoms with E-state index < -0.39 is 41.6 Å². The molecule has 0 aliphatic carbocycles. The molecule has 6 heteroatoms. The van der Waals surface area contributed by atoms with Crippen LogP contribution < -0.4 is 0 Å². The van der Waals surface area contributed by atoms with Crippen molar-refractivity contribution in [3.8, 4) is 0 Å². The maximum absolute atomic E-state index is 11.4. The van der Waals surface area contributed by atoms with Crippen molar-refractivity contribution in [1.29, 1.82) is 0 Å². The van der Waals surface area contributed by atoms with E-state index in [1.807, 2.05) is 0 Å². The van der Waals surface area contributed by atoms with Crippen molar-refractivity contribution in [2.24, 2.45) is 17.8 Å². The average molecular weight is 228 g/mol. The van der Waals surface area contributed by atoms with Gasteiger partial charge in [-0.2, -0.15) is 0 Å². The Bertz CT molecular complexity index is 358. The third-order valence-electron chi connectivity index (χ3n) is 2.54. The van der Waals surface area contributed by atoms with Gasteiger partial charge in [-0.15, -0.1) is 0 Å². The molecule has 6 nitrogen and oxygen atoms in total. The molecule has 16 heavy (non-hydrogen) atoms. The van der Waals surface area contributed by atoms with Crippen LogP contribution in [-0.4, -0.2) is 23.9 Å². The zero-order chi connectivity index (χ0) is 12.5. The molecule has 0 aromatic carbocycles. The van der Waals surface area contributed by atoms with E-state index in [-0.39, 0.29) is 0 Å². The van der Waals surface area contributed by atoms with Gasteiger partial charge in [-0.05, 0) is 0 Å². The zero-order valence-electron chi connectivity index (χ0n) is 9.18. The molecule has 2 unspecified atom stereocenters. The molecule has 0 radical (unpaired) electrons. The third-order valence-corrected chi connectivity index (χ3v) is 2.54. The van der Waals surface area contributed by atoms with E-state index in [1.54, 1.807) is 0 Å². The minimum Gasteiger partial charge on any atom is -0.393 e. The van der Waals surface area contributed by atoms with Gasteiger partial charge < -0.3 is 9.47 Å². The summed E-state index contributed by atoms with van der Waals surface area (Å²) in [7, 11) is 0. The fourth-order valence-corrected chi connectivity index (χ4v) is 1.63. The van der Waals surface area contributed by atoms with E-state index in [2.05, 4.69) is 9.47 Å². The predicted octanol–water partition coefficient (Wildman–Crippen LogP) is 0.0479. The SMILES string of the molecule is CC(=O)OC(=O)[C@@H](C)C1C(=O)OC(=O)C1C. The maximum Gasteiger partial charge on any atom is 0.318 e. The molecule has 0 N–H and O–H groups in total. The van der Waals surface area contributed by atoms with Crippen molar-refractivity contribution in [3.63, 3.8) is 0 Å². The Morgan fingerprint density at radius 3 is 2.25 bits per heavy atom. The second-order valence-corrected chi connectivity index (χ2v) is 3.76. The van der Waals surface area contributed by atoms with E-state index in [1.165, 1.54) is 13.8 Å². The number of ether oxygens (including phenoxy) is 2. The fraction of sp³-hybridized carbons (Fsp3) is 0.600. The standard InChI is InChI=1S/C10H12O6/c1-4(8(12)15-6(3)11)7-5(2)9(13)16-10(7)14/h4-5,7H,1-3H3/t4-,5?,7?/m0/s1. The van der Waals surface area contributed by atoms with Gasteiger partial charge in [0.2, 0.25) is 0 Å². The van der Waals surface area contributed by atoms with Gasteiger partial charge in [-0.1, -0.05) is 13.8 Å². The van der Waals surface area contributed by atoms with Gasteiger partial charge in [0, 0.05) is 6.92 Å². The number of hydrogen-bond acceptors (Lipinski definition) is 6. The lowest BCUT2D eigenvalue weighted by Crippen LogP contribution is -2.31. The number of esters is 4. The largest absolute Gasteiger partial charge is 0.393 e. The first kappa shape index (κ1) is 12.4. The number of carbonyl (C=O) groups excluding carboxylic acids is 4. The van der Waals surface area contributed by atoms with Gasteiger partial charge in [0.05, 0.1) is 17.8 Å². The maximum atomic E-state index is 11.4. The Morgan fingerprint density at radius 2 is 1.88 bits per heavy atom. The van der Waals surface area contributed by atoms with Gasteiger partial charge >= 0.3 is 23.9 Å². The van der Waals surface area contributed by atoms with E-state index in [0.29, 0.717) is 0 Å². The van der Waals surface area contributed by atoms with E-state index in [9.17, 15) is 19.2 Å². The topological polar surface area (TPSA) is 86.7 Å². The first-order valence-corrected chi connectivity index (χ1v) is 4.82. The van der Waals surface area contributed by atoms with Gasteiger partial charge in [-0.25, -0.2) is 0 Å². The summed E-state index contributed by atoms with van der Waals surface area (Å²) in [4.78, 5) is 44.3. The van der Waals surface area contributed by atoms with Crippen molar-refractivity contribution in [2.75, 3.05) is 0 Å². The predicted molar refractivity (Wildman–Crippen MR) is 49.7 cm³/mol. The molecule has 0 spiro atoms. The molecular formula is C10H12O6. The molecule has 1 fully saturated rings. The van der Waals surface area contributed by atoms with Gasteiger partial charge in [0.15, 0.2) is 0 Å². The van der Waals surface area contributed by atoms with Crippen LogP contribution in [0.4, 0.5) is 0 Å². The smallest absolute Gasteiger partial charge is 0.318 e. The Hall–Kier alpha value is -1.72. The van der Waals surface area contributed by atoms with Gasteiger partial charge in [0.1, 0.15) is 0 Å². The van der Waals surface area contributed by atoms with Crippen LogP contribution in [0.5, 0.6) is 0 Å².